The lowest BCUT2D eigenvalue weighted by Gasteiger charge is -2.36. The molecule has 2 unspecified atom stereocenters. The fourth-order valence-electron chi connectivity index (χ4n) is 5.02. The van der Waals surface area contributed by atoms with Gasteiger partial charge < -0.3 is 23.8 Å². The van der Waals surface area contributed by atoms with Crippen molar-refractivity contribution in [2.24, 2.45) is 11.8 Å². The van der Waals surface area contributed by atoms with Crippen LogP contribution in [0.25, 0.3) is 10.9 Å². The molecule has 2 saturated heterocycles. The maximum Gasteiger partial charge on any atom is 0.208 e. The summed E-state index contributed by atoms with van der Waals surface area (Å²) >= 11 is 0. The molecule has 2 fully saturated rings. The summed E-state index contributed by atoms with van der Waals surface area (Å²) in [5, 5.41) is 1.02. The van der Waals surface area contributed by atoms with Gasteiger partial charge >= 0.3 is 0 Å². The van der Waals surface area contributed by atoms with Crippen LogP contribution in [0.1, 0.15) is 39.0 Å². The molecule has 0 saturated carbocycles. The van der Waals surface area contributed by atoms with E-state index in [0.717, 1.165) is 68.4 Å². The monoisotopic (exact) mass is 521 g/mol. The quantitative estimate of drug-likeness (QED) is 0.448. The zero-order chi connectivity index (χ0) is 25.5. The SMILES string of the molecule is COc1cc2nccc(N3CCC(C(C)CNS(C)(=O)=O)CC3)c2cc1OCCOC1CCCCO1. The van der Waals surface area contributed by atoms with Gasteiger partial charge in [-0.15, -0.1) is 0 Å². The van der Waals surface area contributed by atoms with E-state index in [9.17, 15) is 8.42 Å². The summed E-state index contributed by atoms with van der Waals surface area (Å²) < 4.78 is 48.6. The number of methoxy groups -OCH3 is 1. The van der Waals surface area contributed by atoms with Gasteiger partial charge in [0.25, 0.3) is 0 Å². The standard InChI is InChI=1S/C26H39N3O6S/c1-19(18-28-36(3,30)31)20-8-11-29(12-9-20)23-7-10-27-22-17-24(32-2)25(16-21(22)23)33-14-15-35-26-6-4-5-13-34-26/h7,10,16-17,19-20,26,28H,4-6,8-9,11-15,18H2,1-3H3. The third-order valence-electron chi connectivity index (χ3n) is 7.14. The molecule has 0 amide bonds. The molecule has 0 bridgehead atoms. The first-order valence-corrected chi connectivity index (χ1v) is 14.8. The molecule has 36 heavy (non-hydrogen) atoms. The van der Waals surface area contributed by atoms with Crippen LogP contribution in [-0.2, 0) is 19.5 Å². The molecule has 1 N–H and O–H groups in total. The summed E-state index contributed by atoms with van der Waals surface area (Å²) in [6.07, 6.45) is 8.09. The number of hydrogen-bond donors (Lipinski definition) is 1. The van der Waals surface area contributed by atoms with Gasteiger partial charge in [-0.25, -0.2) is 13.1 Å². The van der Waals surface area contributed by atoms with Crippen molar-refractivity contribution in [2.45, 2.75) is 45.3 Å². The van der Waals surface area contributed by atoms with E-state index in [4.69, 9.17) is 18.9 Å². The Morgan fingerprint density at radius 3 is 2.67 bits per heavy atom. The van der Waals surface area contributed by atoms with Gasteiger partial charge in [0.2, 0.25) is 10.0 Å². The van der Waals surface area contributed by atoms with Gasteiger partial charge in [-0.2, -0.15) is 0 Å². The second-order valence-electron chi connectivity index (χ2n) is 9.79. The summed E-state index contributed by atoms with van der Waals surface area (Å²) in [6, 6.07) is 5.99. The summed E-state index contributed by atoms with van der Waals surface area (Å²) in [7, 11) is -1.53. The summed E-state index contributed by atoms with van der Waals surface area (Å²) in [4.78, 5) is 6.95. The molecule has 1 aromatic carbocycles. The highest BCUT2D eigenvalue weighted by Gasteiger charge is 2.26. The topological polar surface area (TPSA) is 99.2 Å². The lowest BCUT2D eigenvalue weighted by Crippen LogP contribution is -2.38. The maximum atomic E-state index is 11.5. The molecule has 2 aliphatic heterocycles. The second-order valence-corrected chi connectivity index (χ2v) is 11.6. The van der Waals surface area contributed by atoms with Crippen LogP contribution in [0.4, 0.5) is 5.69 Å². The molecule has 1 aromatic heterocycles. The van der Waals surface area contributed by atoms with E-state index >= 15 is 0 Å². The highest BCUT2D eigenvalue weighted by molar-refractivity contribution is 7.88. The molecule has 9 nitrogen and oxygen atoms in total. The Morgan fingerprint density at radius 2 is 1.97 bits per heavy atom. The van der Waals surface area contributed by atoms with Crippen LogP contribution in [0.15, 0.2) is 24.4 Å². The second kappa shape index (κ2) is 12.4. The summed E-state index contributed by atoms with van der Waals surface area (Å²) in [5.41, 5.74) is 1.98. The third-order valence-corrected chi connectivity index (χ3v) is 7.83. The van der Waals surface area contributed by atoms with Gasteiger partial charge in [-0.3, -0.25) is 4.98 Å². The molecule has 2 atom stereocenters. The molecule has 10 heteroatoms. The molecular formula is C26H39N3O6S. The van der Waals surface area contributed by atoms with E-state index < -0.39 is 10.0 Å². The fourth-order valence-corrected chi connectivity index (χ4v) is 5.59. The Labute approximate surface area is 214 Å². The normalized spacial score (nSPS) is 20.4. The number of rotatable bonds is 11. The Balaban J connectivity index is 1.40. The van der Waals surface area contributed by atoms with Crippen molar-refractivity contribution in [3.8, 4) is 11.5 Å². The number of nitrogens with zero attached hydrogens (tertiary/aromatic N) is 2. The van der Waals surface area contributed by atoms with Gasteiger partial charge in [-0.05, 0) is 56.1 Å². The van der Waals surface area contributed by atoms with E-state index in [1.807, 2.05) is 18.3 Å². The van der Waals surface area contributed by atoms with Crippen LogP contribution < -0.4 is 19.1 Å². The molecule has 2 aromatic rings. The minimum absolute atomic E-state index is 0.135. The molecule has 0 spiro atoms. The Morgan fingerprint density at radius 1 is 1.17 bits per heavy atom. The van der Waals surface area contributed by atoms with Crippen molar-refractivity contribution >= 4 is 26.6 Å². The van der Waals surface area contributed by atoms with Crippen molar-refractivity contribution < 1.29 is 27.4 Å². The molecule has 4 rings (SSSR count). The number of benzene rings is 1. The van der Waals surface area contributed by atoms with Crippen molar-refractivity contribution in [1.29, 1.82) is 0 Å². The number of hydrogen-bond acceptors (Lipinski definition) is 8. The smallest absolute Gasteiger partial charge is 0.208 e. The third kappa shape index (κ3) is 7.21. The Kier molecular flexibility index (Phi) is 9.27. The molecule has 0 aliphatic carbocycles. The van der Waals surface area contributed by atoms with E-state index in [1.165, 1.54) is 6.26 Å². The van der Waals surface area contributed by atoms with Crippen LogP contribution in [0.3, 0.4) is 0 Å². The molecule has 0 radical (unpaired) electrons. The number of fused-ring (bicyclic) bond motifs is 1. The highest BCUT2D eigenvalue weighted by atomic mass is 32.2. The number of pyridine rings is 1. The molecular weight excluding hydrogens is 482 g/mol. The van der Waals surface area contributed by atoms with E-state index in [0.29, 0.717) is 43.1 Å². The van der Waals surface area contributed by atoms with Gasteiger partial charge in [0, 0.05) is 49.6 Å². The predicted octanol–water partition coefficient (Wildman–Crippen LogP) is 3.57. The average molecular weight is 522 g/mol. The molecule has 200 valence electrons. The molecule has 2 aliphatic rings. The number of aromatic nitrogens is 1. The van der Waals surface area contributed by atoms with Crippen LogP contribution in [0.2, 0.25) is 0 Å². The number of sulfonamides is 1. The van der Waals surface area contributed by atoms with Crippen LogP contribution in [0, 0.1) is 11.8 Å². The Hall–Kier alpha value is -2.14. The minimum atomic E-state index is -3.16. The van der Waals surface area contributed by atoms with Gasteiger partial charge in [-0.1, -0.05) is 6.92 Å². The maximum absolute atomic E-state index is 11.5. The van der Waals surface area contributed by atoms with Gasteiger partial charge in [0.1, 0.15) is 6.61 Å². The number of ether oxygens (including phenoxy) is 4. The van der Waals surface area contributed by atoms with Crippen molar-refractivity contribution in [3.05, 3.63) is 24.4 Å². The number of nitrogens with one attached hydrogen (secondary N) is 1. The number of piperidine rings is 1. The largest absolute Gasteiger partial charge is 0.493 e. The summed E-state index contributed by atoms with van der Waals surface area (Å²) in [5.74, 6) is 2.09. The van der Waals surface area contributed by atoms with E-state index in [2.05, 4.69) is 27.6 Å². The number of anilines is 1. The van der Waals surface area contributed by atoms with Crippen molar-refractivity contribution in [2.75, 3.05) is 57.7 Å². The molecule has 3 heterocycles. The van der Waals surface area contributed by atoms with Crippen molar-refractivity contribution in [1.82, 2.24) is 9.71 Å². The minimum Gasteiger partial charge on any atom is -0.493 e. The van der Waals surface area contributed by atoms with Crippen LogP contribution >= 0.6 is 0 Å². The first-order chi connectivity index (χ1) is 17.3. The van der Waals surface area contributed by atoms with Crippen LogP contribution in [0.5, 0.6) is 11.5 Å². The van der Waals surface area contributed by atoms with Crippen LogP contribution in [-0.4, -0.2) is 72.5 Å². The Bertz CT molecular complexity index is 1100. The summed E-state index contributed by atoms with van der Waals surface area (Å²) in [6.45, 7) is 6.04. The lowest BCUT2D eigenvalue weighted by molar-refractivity contribution is -0.165. The average Bonchev–Trinajstić information content (AvgIpc) is 2.89. The fraction of sp³-hybridized carbons (Fsp3) is 0.654. The van der Waals surface area contributed by atoms with E-state index in [1.54, 1.807) is 7.11 Å². The van der Waals surface area contributed by atoms with Crippen molar-refractivity contribution in [3.63, 3.8) is 0 Å². The van der Waals surface area contributed by atoms with Gasteiger partial charge in [0.05, 0.1) is 25.5 Å². The zero-order valence-corrected chi connectivity index (χ0v) is 22.4. The zero-order valence-electron chi connectivity index (χ0n) is 21.6. The lowest BCUT2D eigenvalue weighted by atomic mass is 9.85. The first-order valence-electron chi connectivity index (χ1n) is 12.9. The van der Waals surface area contributed by atoms with E-state index in [-0.39, 0.29) is 6.29 Å². The predicted molar refractivity (Wildman–Crippen MR) is 140 cm³/mol. The first kappa shape index (κ1) is 26.9. The highest BCUT2D eigenvalue weighted by Crippen LogP contribution is 2.37. The van der Waals surface area contributed by atoms with Gasteiger partial charge in [0.15, 0.2) is 17.8 Å².